The van der Waals surface area contributed by atoms with Crippen molar-refractivity contribution < 1.29 is 5.11 Å². The molecular formula is C14H19BrOS. The molecule has 0 bridgehead atoms. The molecular weight excluding hydrogens is 296 g/mol. The highest BCUT2D eigenvalue weighted by Crippen LogP contribution is 2.30. The molecule has 0 aliphatic heterocycles. The Kier molecular flexibility index (Phi) is 5.39. The first-order valence-corrected chi connectivity index (χ1v) is 8.12. The van der Waals surface area contributed by atoms with E-state index in [1.165, 1.54) is 31.2 Å². The molecule has 3 heteroatoms. The second-order valence-electron chi connectivity index (χ2n) is 4.73. The highest BCUT2D eigenvalue weighted by Gasteiger charge is 2.17. The Morgan fingerprint density at radius 3 is 2.82 bits per heavy atom. The lowest BCUT2D eigenvalue weighted by Gasteiger charge is -2.14. The molecule has 1 fully saturated rings. The van der Waals surface area contributed by atoms with Crippen LogP contribution >= 0.6 is 27.7 Å². The fourth-order valence-electron chi connectivity index (χ4n) is 2.30. The number of thioether (sulfide) groups is 1. The predicted molar refractivity (Wildman–Crippen MR) is 78.6 cm³/mol. The van der Waals surface area contributed by atoms with Gasteiger partial charge in [0, 0.05) is 15.5 Å². The fourth-order valence-corrected chi connectivity index (χ4v) is 4.02. The zero-order valence-corrected chi connectivity index (χ0v) is 12.3. The number of rotatable bonds is 5. The first-order valence-electron chi connectivity index (χ1n) is 6.28. The van der Waals surface area contributed by atoms with Crippen LogP contribution in [0.25, 0.3) is 0 Å². The molecule has 0 saturated heterocycles. The molecule has 0 aromatic heterocycles. The van der Waals surface area contributed by atoms with Crippen molar-refractivity contribution in [2.75, 3.05) is 5.75 Å². The monoisotopic (exact) mass is 314 g/mol. The molecule has 0 amide bonds. The number of halogens is 1. The standard InChI is InChI=1S/C14H19BrOS/c15-12-5-3-4-11(8-12)9-13(16)10-17-14-6-1-2-7-14/h3-5,8,13-14,16H,1-2,6-7,9-10H2. The highest BCUT2D eigenvalue weighted by atomic mass is 79.9. The summed E-state index contributed by atoms with van der Waals surface area (Å²) in [6, 6.07) is 8.21. The van der Waals surface area contributed by atoms with Crippen molar-refractivity contribution in [3.8, 4) is 0 Å². The maximum Gasteiger partial charge on any atom is 0.0670 e. The molecule has 1 nitrogen and oxygen atoms in total. The van der Waals surface area contributed by atoms with E-state index in [1.54, 1.807) is 0 Å². The fraction of sp³-hybridized carbons (Fsp3) is 0.571. The minimum absolute atomic E-state index is 0.213. The van der Waals surface area contributed by atoms with Gasteiger partial charge in [-0.3, -0.25) is 0 Å². The van der Waals surface area contributed by atoms with Gasteiger partial charge in [-0.2, -0.15) is 11.8 Å². The Morgan fingerprint density at radius 2 is 2.12 bits per heavy atom. The molecule has 1 aromatic carbocycles. The maximum atomic E-state index is 10.0. The third-order valence-corrected chi connectivity index (χ3v) is 5.20. The van der Waals surface area contributed by atoms with Gasteiger partial charge in [0.05, 0.1) is 6.10 Å². The van der Waals surface area contributed by atoms with Crippen molar-refractivity contribution in [1.82, 2.24) is 0 Å². The summed E-state index contributed by atoms with van der Waals surface area (Å²) in [5.41, 5.74) is 1.21. The second kappa shape index (κ2) is 6.81. The Hall–Kier alpha value is 0.01000. The summed E-state index contributed by atoms with van der Waals surface area (Å²) >= 11 is 5.41. The van der Waals surface area contributed by atoms with Crippen LogP contribution in [0.2, 0.25) is 0 Å². The third kappa shape index (κ3) is 4.65. The van der Waals surface area contributed by atoms with Crippen LogP contribution in [0.15, 0.2) is 28.7 Å². The third-order valence-electron chi connectivity index (χ3n) is 3.19. The van der Waals surface area contributed by atoms with E-state index < -0.39 is 0 Å². The van der Waals surface area contributed by atoms with Crippen molar-refractivity contribution in [1.29, 1.82) is 0 Å². The summed E-state index contributed by atoms with van der Waals surface area (Å²) in [6.07, 6.45) is 5.98. The molecule has 2 rings (SSSR count). The van der Waals surface area contributed by atoms with Crippen molar-refractivity contribution in [3.05, 3.63) is 34.3 Å². The minimum atomic E-state index is -0.213. The zero-order valence-electron chi connectivity index (χ0n) is 9.94. The van der Waals surface area contributed by atoms with E-state index in [-0.39, 0.29) is 6.10 Å². The van der Waals surface area contributed by atoms with Gasteiger partial charge >= 0.3 is 0 Å². The summed E-state index contributed by atoms with van der Waals surface area (Å²) in [6.45, 7) is 0. The van der Waals surface area contributed by atoms with E-state index in [2.05, 4.69) is 28.1 Å². The van der Waals surface area contributed by atoms with Crippen molar-refractivity contribution in [2.24, 2.45) is 0 Å². The molecule has 94 valence electrons. The summed E-state index contributed by atoms with van der Waals surface area (Å²) in [5, 5.41) is 10.8. The summed E-state index contributed by atoms with van der Waals surface area (Å²) in [4.78, 5) is 0. The largest absolute Gasteiger partial charge is 0.392 e. The molecule has 1 aromatic rings. The van der Waals surface area contributed by atoms with Crippen molar-refractivity contribution in [2.45, 2.75) is 43.5 Å². The number of hydrogen-bond acceptors (Lipinski definition) is 2. The van der Waals surface area contributed by atoms with Crippen LogP contribution < -0.4 is 0 Å². The van der Waals surface area contributed by atoms with Crippen LogP contribution in [-0.2, 0) is 6.42 Å². The average Bonchev–Trinajstić information content (AvgIpc) is 2.79. The van der Waals surface area contributed by atoms with Gasteiger partial charge in [-0.05, 0) is 37.0 Å². The second-order valence-corrected chi connectivity index (χ2v) is 6.98. The Bertz CT molecular complexity index is 350. The van der Waals surface area contributed by atoms with Gasteiger partial charge in [0.15, 0.2) is 0 Å². The molecule has 0 spiro atoms. The van der Waals surface area contributed by atoms with Gasteiger partial charge in [0.1, 0.15) is 0 Å². The van der Waals surface area contributed by atoms with Crippen molar-refractivity contribution >= 4 is 27.7 Å². The Labute approximate surface area is 116 Å². The van der Waals surface area contributed by atoms with Gasteiger partial charge < -0.3 is 5.11 Å². The van der Waals surface area contributed by atoms with E-state index in [1.807, 2.05) is 23.9 Å². The normalized spacial score (nSPS) is 18.5. The van der Waals surface area contributed by atoms with Gasteiger partial charge in [-0.1, -0.05) is 40.9 Å². The molecule has 1 unspecified atom stereocenters. The number of aliphatic hydroxyl groups is 1. The quantitative estimate of drug-likeness (QED) is 0.885. The predicted octanol–water partition coefficient (Wildman–Crippen LogP) is 4.03. The van der Waals surface area contributed by atoms with Crippen LogP contribution in [0.4, 0.5) is 0 Å². The van der Waals surface area contributed by atoms with E-state index in [9.17, 15) is 5.11 Å². The first kappa shape index (κ1) is 13.4. The summed E-state index contributed by atoms with van der Waals surface area (Å²) in [7, 11) is 0. The lowest BCUT2D eigenvalue weighted by Crippen LogP contribution is -2.15. The van der Waals surface area contributed by atoms with E-state index in [0.717, 1.165) is 21.9 Å². The van der Waals surface area contributed by atoms with Gasteiger partial charge in [0.25, 0.3) is 0 Å². The van der Waals surface area contributed by atoms with Crippen molar-refractivity contribution in [3.63, 3.8) is 0 Å². The smallest absolute Gasteiger partial charge is 0.0670 e. The molecule has 0 heterocycles. The Morgan fingerprint density at radius 1 is 1.35 bits per heavy atom. The van der Waals surface area contributed by atoms with Gasteiger partial charge in [-0.25, -0.2) is 0 Å². The lowest BCUT2D eigenvalue weighted by molar-refractivity contribution is 0.200. The summed E-state index contributed by atoms with van der Waals surface area (Å²) < 4.78 is 1.09. The SMILES string of the molecule is OC(CSC1CCCC1)Cc1cccc(Br)c1. The molecule has 1 aliphatic carbocycles. The van der Waals surface area contributed by atoms with E-state index >= 15 is 0 Å². The molecule has 1 atom stereocenters. The van der Waals surface area contributed by atoms with Crippen LogP contribution in [0.5, 0.6) is 0 Å². The minimum Gasteiger partial charge on any atom is -0.392 e. The summed E-state index contributed by atoms with van der Waals surface area (Å²) in [5.74, 6) is 0.872. The molecule has 1 aliphatic rings. The number of benzene rings is 1. The Balaban J connectivity index is 1.74. The van der Waals surface area contributed by atoms with E-state index in [4.69, 9.17) is 0 Å². The first-order chi connectivity index (χ1) is 8.24. The number of hydrogen-bond donors (Lipinski definition) is 1. The van der Waals surface area contributed by atoms with Gasteiger partial charge in [0.2, 0.25) is 0 Å². The van der Waals surface area contributed by atoms with Gasteiger partial charge in [-0.15, -0.1) is 0 Å². The van der Waals surface area contributed by atoms with Crippen LogP contribution in [0, 0.1) is 0 Å². The average molecular weight is 315 g/mol. The zero-order chi connectivity index (χ0) is 12.1. The molecule has 17 heavy (non-hydrogen) atoms. The molecule has 1 N–H and O–H groups in total. The topological polar surface area (TPSA) is 20.2 Å². The van der Waals surface area contributed by atoms with Crippen LogP contribution in [-0.4, -0.2) is 22.2 Å². The molecule has 1 saturated carbocycles. The maximum absolute atomic E-state index is 10.0. The molecule has 0 radical (unpaired) electrons. The van der Waals surface area contributed by atoms with Crippen LogP contribution in [0.1, 0.15) is 31.2 Å². The van der Waals surface area contributed by atoms with E-state index in [0.29, 0.717) is 0 Å². The highest BCUT2D eigenvalue weighted by molar-refractivity contribution is 9.10. The van der Waals surface area contributed by atoms with Crippen LogP contribution in [0.3, 0.4) is 0 Å². The number of aliphatic hydroxyl groups excluding tert-OH is 1. The lowest BCUT2D eigenvalue weighted by atomic mass is 10.1.